The van der Waals surface area contributed by atoms with Crippen molar-refractivity contribution in [3.8, 4) is 11.5 Å². The quantitative estimate of drug-likeness (QED) is 0.715. The van der Waals surface area contributed by atoms with Gasteiger partial charge in [-0.25, -0.2) is 0 Å². The van der Waals surface area contributed by atoms with Crippen LogP contribution in [0.25, 0.3) is 12.2 Å². The third kappa shape index (κ3) is 4.35. The molecule has 0 bridgehead atoms. The number of benzene rings is 2. The fourth-order valence-electron chi connectivity index (χ4n) is 2.47. The molecule has 0 spiro atoms. The van der Waals surface area contributed by atoms with Crippen LogP contribution in [0, 0.1) is 0 Å². The standard InChI is InChI=1S/C21H20O3/c22-19-13-11-17-7-1-3-9-20(17)23-15-5-6-16-24-21-10-4-2-8-18(21)12-14-19/h1-4,7-14H,5-6,15-16H2/b13-11+,14-12+. The zero-order chi connectivity index (χ0) is 16.6. The molecular weight excluding hydrogens is 300 g/mol. The molecule has 0 atom stereocenters. The maximum atomic E-state index is 12.1. The molecule has 2 aromatic carbocycles. The SMILES string of the molecule is O=C1/C=C/c2ccccc2OCCCCOc2ccccc2/C=C/1. The molecule has 2 aromatic rings. The van der Waals surface area contributed by atoms with Gasteiger partial charge in [-0.15, -0.1) is 0 Å². The van der Waals surface area contributed by atoms with Crippen LogP contribution in [0.1, 0.15) is 24.0 Å². The fourth-order valence-corrected chi connectivity index (χ4v) is 2.47. The van der Waals surface area contributed by atoms with E-state index in [2.05, 4.69) is 0 Å². The van der Waals surface area contributed by atoms with Gasteiger partial charge in [-0.1, -0.05) is 36.4 Å². The summed E-state index contributed by atoms with van der Waals surface area (Å²) >= 11 is 0. The first-order valence-corrected chi connectivity index (χ1v) is 8.17. The van der Waals surface area contributed by atoms with E-state index in [4.69, 9.17) is 9.47 Å². The van der Waals surface area contributed by atoms with Crippen LogP contribution in [0.15, 0.2) is 60.7 Å². The molecule has 0 aromatic heterocycles. The molecule has 0 unspecified atom stereocenters. The third-order valence-corrected chi connectivity index (χ3v) is 3.75. The molecule has 122 valence electrons. The molecule has 1 heterocycles. The van der Waals surface area contributed by atoms with Gasteiger partial charge in [0, 0.05) is 11.1 Å². The van der Waals surface area contributed by atoms with Gasteiger partial charge in [0.1, 0.15) is 11.5 Å². The number of hydrogen-bond acceptors (Lipinski definition) is 3. The van der Waals surface area contributed by atoms with Crippen LogP contribution in [0.2, 0.25) is 0 Å². The average molecular weight is 320 g/mol. The molecule has 3 rings (SSSR count). The van der Waals surface area contributed by atoms with Crippen molar-refractivity contribution in [3.63, 3.8) is 0 Å². The van der Waals surface area contributed by atoms with Crippen molar-refractivity contribution in [1.82, 2.24) is 0 Å². The topological polar surface area (TPSA) is 35.5 Å². The van der Waals surface area contributed by atoms with Crippen LogP contribution >= 0.6 is 0 Å². The molecule has 24 heavy (non-hydrogen) atoms. The Balaban J connectivity index is 1.86. The number of allylic oxidation sites excluding steroid dienone is 2. The van der Waals surface area contributed by atoms with Crippen LogP contribution in [-0.2, 0) is 4.79 Å². The van der Waals surface area contributed by atoms with Crippen LogP contribution in [0.5, 0.6) is 11.5 Å². The molecule has 0 saturated heterocycles. The van der Waals surface area contributed by atoms with Crippen LogP contribution < -0.4 is 9.47 Å². The molecule has 1 aliphatic heterocycles. The lowest BCUT2D eigenvalue weighted by Crippen LogP contribution is -2.03. The number of fused-ring (bicyclic) bond motifs is 2. The molecule has 0 N–H and O–H groups in total. The van der Waals surface area contributed by atoms with Crippen LogP contribution in [0.3, 0.4) is 0 Å². The van der Waals surface area contributed by atoms with E-state index in [0.717, 1.165) is 35.5 Å². The summed E-state index contributed by atoms with van der Waals surface area (Å²) in [7, 11) is 0. The Morgan fingerprint density at radius 2 is 1.08 bits per heavy atom. The van der Waals surface area contributed by atoms with Gasteiger partial charge in [0.15, 0.2) is 5.78 Å². The van der Waals surface area contributed by atoms with E-state index in [1.165, 1.54) is 0 Å². The lowest BCUT2D eigenvalue weighted by Gasteiger charge is -2.10. The van der Waals surface area contributed by atoms with E-state index in [0.29, 0.717) is 13.2 Å². The summed E-state index contributed by atoms with van der Waals surface area (Å²) in [5, 5.41) is 0. The molecule has 3 heteroatoms. The fraction of sp³-hybridized carbons (Fsp3) is 0.190. The monoisotopic (exact) mass is 320 g/mol. The lowest BCUT2D eigenvalue weighted by molar-refractivity contribution is -0.110. The van der Waals surface area contributed by atoms with Crippen molar-refractivity contribution in [2.75, 3.05) is 13.2 Å². The number of rotatable bonds is 0. The van der Waals surface area contributed by atoms with Crippen molar-refractivity contribution in [1.29, 1.82) is 0 Å². The van der Waals surface area contributed by atoms with E-state index in [9.17, 15) is 4.79 Å². The molecule has 0 fully saturated rings. The maximum Gasteiger partial charge on any atom is 0.178 e. The van der Waals surface area contributed by atoms with Gasteiger partial charge in [0.05, 0.1) is 13.2 Å². The Morgan fingerprint density at radius 1 is 0.625 bits per heavy atom. The highest BCUT2D eigenvalue weighted by molar-refractivity contribution is 6.04. The summed E-state index contributed by atoms with van der Waals surface area (Å²) in [6.07, 6.45) is 8.53. The van der Waals surface area contributed by atoms with E-state index in [-0.39, 0.29) is 5.78 Å². The number of carbonyl (C=O) groups excluding carboxylic acids is 1. The largest absolute Gasteiger partial charge is 0.493 e. The number of hydrogen-bond donors (Lipinski definition) is 0. The minimum Gasteiger partial charge on any atom is -0.493 e. The van der Waals surface area contributed by atoms with Gasteiger partial charge in [-0.05, 0) is 49.3 Å². The van der Waals surface area contributed by atoms with E-state index in [1.54, 1.807) is 24.3 Å². The lowest BCUT2D eigenvalue weighted by atomic mass is 10.1. The summed E-state index contributed by atoms with van der Waals surface area (Å²) in [4.78, 5) is 12.1. The zero-order valence-corrected chi connectivity index (χ0v) is 13.5. The van der Waals surface area contributed by atoms with Crippen molar-refractivity contribution < 1.29 is 14.3 Å². The van der Waals surface area contributed by atoms with Crippen molar-refractivity contribution in [2.24, 2.45) is 0 Å². The number of carbonyl (C=O) groups is 1. The summed E-state index contributed by atoms with van der Waals surface area (Å²) < 4.78 is 11.7. The highest BCUT2D eigenvalue weighted by atomic mass is 16.5. The summed E-state index contributed by atoms with van der Waals surface area (Å²) in [5.74, 6) is 1.52. The Morgan fingerprint density at radius 3 is 1.58 bits per heavy atom. The van der Waals surface area contributed by atoms with E-state index in [1.807, 2.05) is 48.5 Å². The van der Waals surface area contributed by atoms with Gasteiger partial charge in [0.25, 0.3) is 0 Å². The van der Waals surface area contributed by atoms with E-state index >= 15 is 0 Å². The maximum absolute atomic E-state index is 12.1. The predicted molar refractivity (Wildman–Crippen MR) is 96.2 cm³/mol. The highest BCUT2D eigenvalue weighted by Gasteiger charge is 2.03. The second-order valence-electron chi connectivity index (χ2n) is 5.55. The third-order valence-electron chi connectivity index (χ3n) is 3.75. The summed E-state index contributed by atoms with van der Waals surface area (Å²) in [6, 6.07) is 15.5. The zero-order valence-electron chi connectivity index (χ0n) is 13.5. The van der Waals surface area contributed by atoms with Crippen LogP contribution in [0.4, 0.5) is 0 Å². The van der Waals surface area contributed by atoms with E-state index < -0.39 is 0 Å². The van der Waals surface area contributed by atoms with Crippen LogP contribution in [-0.4, -0.2) is 19.0 Å². The molecule has 0 amide bonds. The van der Waals surface area contributed by atoms with Gasteiger partial charge < -0.3 is 9.47 Å². The smallest absolute Gasteiger partial charge is 0.178 e. The number of ketones is 1. The normalized spacial score (nSPS) is 17.9. The molecule has 0 saturated carbocycles. The Hall–Kier alpha value is -2.81. The average Bonchev–Trinajstić information content (AvgIpc) is 2.62. The second-order valence-corrected chi connectivity index (χ2v) is 5.55. The molecule has 0 aliphatic carbocycles. The van der Waals surface area contributed by atoms with Gasteiger partial charge in [0.2, 0.25) is 0 Å². The van der Waals surface area contributed by atoms with Gasteiger partial charge in [-0.2, -0.15) is 0 Å². The van der Waals surface area contributed by atoms with Crippen molar-refractivity contribution in [3.05, 3.63) is 71.8 Å². The Bertz CT molecular complexity index is 696. The highest BCUT2D eigenvalue weighted by Crippen LogP contribution is 2.22. The molecule has 1 aliphatic rings. The molecule has 0 radical (unpaired) electrons. The molecule has 3 nitrogen and oxygen atoms in total. The number of ether oxygens (including phenoxy) is 2. The first-order valence-electron chi connectivity index (χ1n) is 8.17. The minimum absolute atomic E-state index is 0.0746. The summed E-state index contributed by atoms with van der Waals surface area (Å²) in [6.45, 7) is 1.25. The van der Waals surface area contributed by atoms with Crippen molar-refractivity contribution in [2.45, 2.75) is 12.8 Å². The predicted octanol–water partition coefficient (Wildman–Crippen LogP) is 4.53. The second kappa shape index (κ2) is 8.16. The first kappa shape index (κ1) is 16.1. The number of para-hydroxylation sites is 2. The molecular formula is C21H20O3. The minimum atomic E-state index is -0.0746. The Kier molecular flexibility index (Phi) is 5.46. The summed E-state index contributed by atoms with van der Waals surface area (Å²) in [5.41, 5.74) is 1.82. The van der Waals surface area contributed by atoms with Crippen molar-refractivity contribution >= 4 is 17.9 Å². The van der Waals surface area contributed by atoms with Gasteiger partial charge >= 0.3 is 0 Å². The van der Waals surface area contributed by atoms with Gasteiger partial charge in [-0.3, -0.25) is 4.79 Å². The first-order chi connectivity index (χ1) is 11.8. The Labute approximate surface area is 142 Å².